The number of hydrogen-bond donors (Lipinski definition) is 1. The Balaban J connectivity index is 1.97. The van der Waals surface area contributed by atoms with Crippen LogP contribution in [0.3, 0.4) is 0 Å². The summed E-state index contributed by atoms with van der Waals surface area (Å²) >= 11 is 0. The molecule has 19 heavy (non-hydrogen) atoms. The first-order valence-corrected chi connectivity index (χ1v) is 7.40. The normalized spacial score (nSPS) is 18.1. The topological polar surface area (TPSA) is 21.3 Å². The van der Waals surface area contributed by atoms with Crippen molar-refractivity contribution >= 4 is 0 Å². The maximum absolute atomic E-state index is 5.88. The van der Waals surface area contributed by atoms with E-state index in [-0.39, 0.29) is 11.6 Å². The lowest BCUT2D eigenvalue weighted by molar-refractivity contribution is -0.0139. The summed E-state index contributed by atoms with van der Waals surface area (Å²) in [5.41, 5.74) is 2.73. The van der Waals surface area contributed by atoms with E-state index in [4.69, 9.17) is 4.74 Å². The zero-order chi connectivity index (χ0) is 13.9. The van der Waals surface area contributed by atoms with E-state index in [2.05, 4.69) is 50.4 Å². The molecule has 2 rings (SSSR count). The number of ether oxygens (including phenoxy) is 1. The van der Waals surface area contributed by atoms with E-state index in [0.717, 1.165) is 5.92 Å². The van der Waals surface area contributed by atoms with E-state index >= 15 is 0 Å². The smallest absolute Gasteiger partial charge is 0.0668 e. The quantitative estimate of drug-likeness (QED) is 0.864. The summed E-state index contributed by atoms with van der Waals surface area (Å²) in [6, 6.07) is 9.36. The molecule has 0 amide bonds. The van der Waals surface area contributed by atoms with Crippen LogP contribution < -0.4 is 5.32 Å². The Bertz CT molecular complexity index is 387. The maximum atomic E-state index is 5.88. The van der Waals surface area contributed by atoms with Crippen molar-refractivity contribution in [2.75, 3.05) is 13.7 Å². The molecule has 1 aromatic carbocycles. The molecule has 0 radical (unpaired) electrons. The molecule has 2 nitrogen and oxygen atoms in total. The summed E-state index contributed by atoms with van der Waals surface area (Å²) < 4.78 is 5.88. The van der Waals surface area contributed by atoms with Crippen LogP contribution in [0.5, 0.6) is 0 Å². The first-order valence-electron chi connectivity index (χ1n) is 7.40. The number of likely N-dealkylation sites (N-methyl/N-ethyl adjacent to an activating group) is 1. The molecular weight excluding hydrogens is 234 g/mol. The molecule has 1 aliphatic carbocycles. The third kappa shape index (κ3) is 4.05. The van der Waals surface area contributed by atoms with Gasteiger partial charge in [0.25, 0.3) is 0 Å². The summed E-state index contributed by atoms with van der Waals surface area (Å²) in [6.45, 7) is 7.00. The van der Waals surface area contributed by atoms with Gasteiger partial charge in [0.1, 0.15) is 0 Å². The van der Waals surface area contributed by atoms with E-state index in [1.54, 1.807) is 0 Å². The molecule has 1 unspecified atom stereocenters. The minimum Gasteiger partial charge on any atom is -0.374 e. The Kier molecular flexibility index (Phi) is 4.64. The SMILES string of the molecule is CNC(COC(C)(C)C)c1ccc(C2CCC2)cc1. The molecule has 0 saturated heterocycles. The number of rotatable bonds is 5. The van der Waals surface area contributed by atoms with Gasteiger partial charge in [-0.3, -0.25) is 0 Å². The van der Waals surface area contributed by atoms with Gasteiger partial charge in [0.05, 0.1) is 18.2 Å². The molecule has 0 spiro atoms. The number of hydrogen-bond acceptors (Lipinski definition) is 2. The Morgan fingerprint density at radius 2 is 1.84 bits per heavy atom. The molecule has 2 heteroatoms. The Labute approximate surface area is 117 Å². The van der Waals surface area contributed by atoms with Crippen LogP contribution in [0.1, 0.15) is 63.1 Å². The second-order valence-electron chi connectivity index (χ2n) is 6.56. The zero-order valence-corrected chi connectivity index (χ0v) is 12.7. The van der Waals surface area contributed by atoms with Crippen molar-refractivity contribution in [2.45, 2.75) is 57.6 Å². The van der Waals surface area contributed by atoms with Gasteiger partial charge < -0.3 is 10.1 Å². The highest BCUT2D eigenvalue weighted by Crippen LogP contribution is 2.36. The van der Waals surface area contributed by atoms with Crippen LogP contribution in [0.15, 0.2) is 24.3 Å². The summed E-state index contributed by atoms with van der Waals surface area (Å²) in [5, 5.41) is 3.34. The van der Waals surface area contributed by atoms with Crippen LogP contribution >= 0.6 is 0 Å². The highest BCUT2D eigenvalue weighted by atomic mass is 16.5. The lowest BCUT2D eigenvalue weighted by atomic mass is 9.80. The van der Waals surface area contributed by atoms with Gasteiger partial charge in [-0.05, 0) is 57.7 Å². The fraction of sp³-hybridized carbons (Fsp3) is 0.647. The highest BCUT2D eigenvalue weighted by Gasteiger charge is 2.20. The molecule has 1 atom stereocenters. The van der Waals surface area contributed by atoms with Crippen LogP contribution in [0.4, 0.5) is 0 Å². The summed E-state index contributed by atoms with van der Waals surface area (Å²) in [7, 11) is 2.00. The highest BCUT2D eigenvalue weighted by molar-refractivity contribution is 5.28. The van der Waals surface area contributed by atoms with Gasteiger partial charge in [0.2, 0.25) is 0 Å². The first-order chi connectivity index (χ1) is 8.99. The van der Waals surface area contributed by atoms with Crippen molar-refractivity contribution in [1.29, 1.82) is 0 Å². The fourth-order valence-corrected chi connectivity index (χ4v) is 2.42. The van der Waals surface area contributed by atoms with Crippen molar-refractivity contribution < 1.29 is 4.74 Å². The molecule has 1 fully saturated rings. The maximum Gasteiger partial charge on any atom is 0.0668 e. The van der Waals surface area contributed by atoms with Crippen molar-refractivity contribution in [3.8, 4) is 0 Å². The van der Waals surface area contributed by atoms with Crippen molar-refractivity contribution in [3.05, 3.63) is 35.4 Å². The lowest BCUT2D eigenvalue weighted by Gasteiger charge is -2.27. The fourth-order valence-electron chi connectivity index (χ4n) is 2.42. The Hall–Kier alpha value is -0.860. The standard InChI is InChI=1S/C17H27NO/c1-17(2,3)19-12-16(18-4)15-10-8-14(9-11-15)13-6-5-7-13/h8-11,13,16,18H,5-7,12H2,1-4H3. The third-order valence-corrected chi connectivity index (χ3v) is 3.95. The van der Waals surface area contributed by atoms with Crippen molar-refractivity contribution in [2.24, 2.45) is 0 Å². The summed E-state index contributed by atoms with van der Waals surface area (Å²) in [5.74, 6) is 0.813. The van der Waals surface area contributed by atoms with E-state index in [1.807, 2.05) is 7.05 Å². The average Bonchev–Trinajstić information content (AvgIpc) is 2.28. The minimum absolute atomic E-state index is 0.0824. The summed E-state index contributed by atoms with van der Waals surface area (Å²) in [4.78, 5) is 0. The van der Waals surface area contributed by atoms with Gasteiger partial charge in [-0.2, -0.15) is 0 Å². The van der Waals surface area contributed by atoms with E-state index in [1.165, 1.54) is 30.4 Å². The molecule has 0 heterocycles. The van der Waals surface area contributed by atoms with Crippen LogP contribution in [0.25, 0.3) is 0 Å². The van der Waals surface area contributed by atoms with Gasteiger partial charge in [-0.1, -0.05) is 30.7 Å². The van der Waals surface area contributed by atoms with Gasteiger partial charge in [0.15, 0.2) is 0 Å². The number of benzene rings is 1. The Morgan fingerprint density at radius 1 is 1.21 bits per heavy atom. The second-order valence-corrected chi connectivity index (χ2v) is 6.56. The van der Waals surface area contributed by atoms with Crippen molar-refractivity contribution in [3.63, 3.8) is 0 Å². The molecule has 0 bridgehead atoms. The van der Waals surface area contributed by atoms with Crippen molar-refractivity contribution in [1.82, 2.24) is 5.32 Å². The molecule has 106 valence electrons. The van der Waals surface area contributed by atoms with Gasteiger partial charge in [0, 0.05) is 0 Å². The third-order valence-electron chi connectivity index (χ3n) is 3.95. The number of nitrogens with one attached hydrogen (secondary N) is 1. The van der Waals surface area contributed by atoms with Crippen LogP contribution in [0, 0.1) is 0 Å². The van der Waals surface area contributed by atoms with E-state index < -0.39 is 0 Å². The van der Waals surface area contributed by atoms with Crippen LogP contribution in [-0.2, 0) is 4.74 Å². The lowest BCUT2D eigenvalue weighted by Crippen LogP contribution is -2.28. The first kappa shape index (κ1) is 14.5. The van der Waals surface area contributed by atoms with Crippen LogP contribution in [0.2, 0.25) is 0 Å². The summed E-state index contributed by atoms with van der Waals surface area (Å²) in [6.07, 6.45) is 4.12. The zero-order valence-electron chi connectivity index (χ0n) is 12.7. The molecule has 1 aromatic rings. The largest absolute Gasteiger partial charge is 0.374 e. The molecular formula is C17H27NO. The molecule has 1 N–H and O–H groups in total. The monoisotopic (exact) mass is 261 g/mol. The molecule has 0 aromatic heterocycles. The molecule has 1 saturated carbocycles. The predicted octanol–water partition coefficient (Wildman–Crippen LogP) is 4.03. The van der Waals surface area contributed by atoms with E-state index in [9.17, 15) is 0 Å². The average molecular weight is 261 g/mol. The molecule has 1 aliphatic rings. The van der Waals surface area contributed by atoms with E-state index in [0.29, 0.717) is 6.61 Å². The minimum atomic E-state index is -0.0824. The Morgan fingerprint density at radius 3 is 2.26 bits per heavy atom. The van der Waals surface area contributed by atoms with Gasteiger partial charge in [-0.15, -0.1) is 0 Å². The second kappa shape index (κ2) is 6.06. The molecule has 0 aliphatic heterocycles. The van der Waals surface area contributed by atoms with Gasteiger partial charge >= 0.3 is 0 Å². The van der Waals surface area contributed by atoms with Gasteiger partial charge in [-0.25, -0.2) is 0 Å². The van der Waals surface area contributed by atoms with Crippen LogP contribution in [-0.4, -0.2) is 19.3 Å². The predicted molar refractivity (Wildman–Crippen MR) is 80.5 cm³/mol.